The maximum atomic E-state index is 13.3. The predicted octanol–water partition coefficient (Wildman–Crippen LogP) is 2.06. The van der Waals surface area contributed by atoms with E-state index in [-0.39, 0.29) is 24.1 Å². The summed E-state index contributed by atoms with van der Waals surface area (Å²) in [6.45, 7) is 4.44. The second-order valence-electron chi connectivity index (χ2n) is 4.33. The molecule has 1 rings (SSSR count). The number of anilines is 1. The van der Waals surface area contributed by atoms with E-state index in [1.54, 1.807) is 0 Å². The summed E-state index contributed by atoms with van der Waals surface area (Å²) < 4.78 is 13.3. The first-order valence-electron chi connectivity index (χ1n) is 5.87. The Labute approximate surface area is 110 Å². The zero-order valence-electron chi connectivity index (χ0n) is 10.8. The van der Waals surface area contributed by atoms with E-state index in [9.17, 15) is 19.3 Å². The highest BCUT2D eigenvalue weighted by atomic mass is 19.1. The summed E-state index contributed by atoms with van der Waals surface area (Å²) in [6, 6.07) is 3.54. The Bertz CT molecular complexity index is 477. The Kier molecular flexibility index (Phi) is 5.37. The van der Waals surface area contributed by atoms with E-state index in [0.717, 1.165) is 12.1 Å². The first-order valence-corrected chi connectivity index (χ1v) is 5.87. The number of carbonyl (C=O) groups is 1. The first-order chi connectivity index (χ1) is 8.90. The van der Waals surface area contributed by atoms with Gasteiger partial charge < -0.3 is 10.6 Å². The van der Waals surface area contributed by atoms with Gasteiger partial charge in [0.2, 0.25) is 11.7 Å². The number of rotatable bonds is 6. The van der Waals surface area contributed by atoms with Crippen LogP contribution in [0.3, 0.4) is 0 Å². The number of nitrogens with one attached hydrogen (secondary N) is 2. The maximum Gasteiger partial charge on any atom is 0.304 e. The average Bonchev–Trinajstić information content (AvgIpc) is 2.27. The van der Waals surface area contributed by atoms with Crippen molar-refractivity contribution in [3.05, 3.63) is 34.1 Å². The van der Waals surface area contributed by atoms with Gasteiger partial charge in [-0.05, 0) is 6.07 Å². The average molecular weight is 269 g/mol. The topological polar surface area (TPSA) is 84.3 Å². The van der Waals surface area contributed by atoms with Crippen LogP contribution < -0.4 is 10.6 Å². The molecular formula is C12H16FN3O3. The first kappa shape index (κ1) is 15.0. The minimum absolute atomic E-state index is 0.206. The molecule has 6 nitrogen and oxygen atoms in total. The van der Waals surface area contributed by atoms with Crippen molar-refractivity contribution in [1.29, 1.82) is 0 Å². The van der Waals surface area contributed by atoms with E-state index in [4.69, 9.17) is 0 Å². The summed E-state index contributed by atoms with van der Waals surface area (Å²) in [5.41, 5.74) is -0.405. The lowest BCUT2D eigenvalue weighted by Gasteiger charge is -2.08. The quantitative estimate of drug-likeness (QED) is 0.611. The molecule has 0 aliphatic heterocycles. The minimum atomic E-state index is -0.969. The van der Waals surface area contributed by atoms with Gasteiger partial charge in [0.25, 0.3) is 0 Å². The van der Waals surface area contributed by atoms with Gasteiger partial charge in [0, 0.05) is 36.8 Å². The van der Waals surface area contributed by atoms with Gasteiger partial charge in [0.1, 0.15) is 0 Å². The van der Waals surface area contributed by atoms with Crippen molar-refractivity contribution in [3.63, 3.8) is 0 Å². The highest BCUT2D eigenvalue weighted by Crippen LogP contribution is 2.20. The number of benzene rings is 1. The Morgan fingerprint density at radius 3 is 2.68 bits per heavy atom. The number of nitrogens with zero attached hydrogens (tertiary/aromatic N) is 1. The molecule has 0 bridgehead atoms. The number of hydrogen-bond donors (Lipinski definition) is 2. The fourth-order valence-corrected chi connectivity index (χ4v) is 1.43. The van der Waals surface area contributed by atoms with E-state index < -0.39 is 16.4 Å². The summed E-state index contributed by atoms with van der Waals surface area (Å²) in [7, 11) is 0. The molecule has 0 heterocycles. The highest BCUT2D eigenvalue weighted by Gasteiger charge is 2.14. The molecule has 0 aromatic heterocycles. The van der Waals surface area contributed by atoms with Gasteiger partial charge in [-0.3, -0.25) is 14.9 Å². The molecule has 0 saturated heterocycles. The smallest absolute Gasteiger partial charge is 0.304 e. The molecule has 0 atom stereocenters. The molecule has 0 radical (unpaired) electrons. The van der Waals surface area contributed by atoms with Gasteiger partial charge in [0.15, 0.2) is 0 Å². The monoisotopic (exact) mass is 269 g/mol. The zero-order valence-corrected chi connectivity index (χ0v) is 10.8. The summed E-state index contributed by atoms with van der Waals surface area (Å²) >= 11 is 0. The van der Waals surface area contributed by atoms with Crippen molar-refractivity contribution >= 4 is 17.3 Å². The van der Waals surface area contributed by atoms with Crippen LogP contribution in [-0.2, 0) is 4.79 Å². The third-order valence-corrected chi connectivity index (χ3v) is 2.33. The Morgan fingerprint density at radius 2 is 2.16 bits per heavy atom. The van der Waals surface area contributed by atoms with Crippen molar-refractivity contribution in [3.8, 4) is 0 Å². The lowest BCUT2D eigenvalue weighted by Crippen LogP contribution is -2.27. The van der Waals surface area contributed by atoms with Crippen LogP contribution in [0.4, 0.5) is 15.8 Å². The minimum Gasteiger partial charge on any atom is -0.326 e. The molecule has 19 heavy (non-hydrogen) atoms. The van der Waals surface area contributed by atoms with Crippen molar-refractivity contribution in [2.24, 2.45) is 0 Å². The van der Waals surface area contributed by atoms with E-state index in [0.29, 0.717) is 6.54 Å². The molecule has 0 aliphatic rings. The van der Waals surface area contributed by atoms with Gasteiger partial charge in [-0.25, -0.2) is 0 Å². The van der Waals surface area contributed by atoms with Gasteiger partial charge in [-0.15, -0.1) is 0 Å². The van der Waals surface area contributed by atoms with Crippen LogP contribution in [0.15, 0.2) is 18.2 Å². The van der Waals surface area contributed by atoms with Gasteiger partial charge >= 0.3 is 5.69 Å². The maximum absolute atomic E-state index is 13.3. The van der Waals surface area contributed by atoms with E-state index in [1.165, 1.54) is 6.07 Å². The molecule has 0 aliphatic carbocycles. The second-order valence-corrected chi connectivity index (χ2v) is 4.33. The van der Waals surface area contributed by atoms with E-state index >= 15 is 0 Å². The number of nitro groups is 1. The number of carbonyl (C=O) groups excluding carboxylic acids is 1. The van der Waals surface area contributed by atoms with Crippen LogP contribution in [0, 0.1) is 15.9 Å². The van der Waals surface area contributed by atoms with Crippen LogP contribution in [0.2, 0.25) is 0 Å². The number of hydrogen-bond acceptors (Lipinski definition) is 4. The molecule has 2 N–H and O–H groups in total. The third kappa shape index (κ3) is 5.01. The molecule has 104 valence electrons. The molecule has 0 unspecified atom stereocenters. The fourth-order valence-electron chi connectivity index (χ4n) is 1.43. The molecule has 0 saturated carbocycles. The second kappa shape index (κ2) is 6.79. The van der Waals surface area contributed by atoms with Crippen LogP contribution >= 0.6 is 0 Å². The Balaban J connectivity index is 2.55. The molecular weight excluding hydrogens is 253 g/mol. The van der Waals surface area contributed by atoms with Crippen molar-refractivity contribution in [2.75, 3.05) is 11.9 Å². The molecule has 0 spiro atoms. The summed E-state index contributed by atoms with van der Waals surface area (Å²) in [4.78, 5) is 21.1. The van der Waals surface area contributed by atoms with Crippen molar-refractivity contribution < 1.29 is 14.1 Å². The predicted molar refractivity (Wildman–Crippen MR) is 69.4 cm³/mol. The summed E-state index contributed by atoms with van der Waals surface area (Å²) in [5.74, 6) is -1.25. The molecule has 1 amide bonds. The molecule has 7 heteroatoms. The zero-order chi connectivity index (χ0) is 14.4. The molecule has 1 aromatic rings. The largest absolute Gasteiger partial charge is 0.326 e. The van der Waals surface area contributed by atoms with Gasteiger partial charge in [0.05, 0.1) is 4.92 Å². The molecule has 0 fully saturated rings. The van der Waals surface area contributed by atoms with E-state index in [1.807, 2.05) is 13.8 Å². The SMILES string of the molecule is CC(C)NCCC(=O)Nc1ccc([N+](=O)[O-])c(F)c1. The number of nitro benzene ring substituents is 1. The number of halogens is 1. The third-order valence-electron chi connectivity index (χ3n) is 2.33. The van der Waals surface area contributed by atoms with Crippen LogP contribution in [-0.4, -0.2) is 23.4 Å². The van der Waals surface area contributed by atoms with Crippen LogP contribution in [0.25, 0.3) is 0 Å². The van der Waals surface area contributed by atoms with Gasteiger partial charge in [-0.2, -0.15) is 4.39 Å². The highest BCUT2D eigenvalue weighted by molar-refractivity contribution is 5.90. The molecule has 1 aromatic carbocycles. The van der Waals surface area contributed by atoms with Crippen molar-refractivity contribution in [2.45, 2.75) is 26.3 Å². The van der Waals surface area contributed by atoms with E-state index in [2.05, 4.69) is 10.6 Å². The normalized spacial score (nSPS) is 10.5. The summed E-state index contributed by atoms with van der Waals surface area (Å²) in [5, 5.41) is 16.0. The summed E-state index contributed by atoms with van der Waals surface area (Å²) in [6.07, 6.45) is 0.247. The fraction of sp³-hybridized carbons (Fsp3) is 0.417. The van der Waals surface area contributed by atoms with Crippen LogP contribution in [0.1, 0.15) is 20.3 Å². The van der Waals surface area contributed by atoms with Gasteiger partial charge in [-0.1, -0.05) is 13.8 Å². The van der Waals surface area contributed by atoms with Crippen molar-refractivity contribution in [1.82, 2.24) is 5.32 Å². The Hall–Kier alpha value is -2.02. The lowest BCUT2D eigenvalue weighted by molar-refractivity contribution is -0.387. The number of amides is 1. The lowest BCUT2D eigenvalue weighted by atomic mass is 10.2. The standard InChI is InChI=1S/C12H16FN3O3/c1-8(2)14-6-5-12(17)15-9-3-4-11(16(18)19)10(13)7-9/h3-4,7-8,14H,5-6H2,1-2H3,(H,15,17). The van der Waals surface area contributed by atoms with Crippen LogP contribution in [0.5, 0.6) is 0 Å². The Morgan fingerprint density at radius 1 is 1.47 bits per heavy atom.